The van der Waals surface area contributed by atoms with Crippen LogP contribution in [0.25, 0.3) is 10.1 Å². The minimum Gasteiger partial charge on any atom is -0.495 e. The molecule has 1 heterocycles. The SMILES string of the molecule is COc1ccccc1NC(C)c1sc2ccccc2c1C. The minimum atomic E-state index is 0.249. The van der Waals surface area contributed by atoms with Gasteiger partial charge in [0.25, 0.3) is 0 Å². The van der Waals surface area contributed by atoms with E-state index in [2.05, 4.69) is 49.5 Å². The van der Waals surface area contributed by atoms with Crippen LogP contribution in [0, 0.1) is 6.92 Å². The number of hydrogen-bond acceptors (Lipinski definition) is 3. The van der Waals surface area contributed by atoms with Gasteiger partial charge in [0, 0.05) is 9.58 Å². The van der Waals surface area contributed by atoms with Crippen LogP contribution in [-0.4, -0.2) is 7.11 Å². The Balaban J connectivity index is 1.93. The predicted octanol–water partition coefficient (Wildman–Crippen LogP) is 5.39. The zero-order chi connectivity index (χ0) is 14.8. The molecular formula is C18H19NOS. The summed E-state index contributed by atoms with van der Waals surface area (Å²) in [6.07, 6.45) is 0. The number of ether oxygens (including phenoxy) is 1. The summed E-state index contributed by atoms with van der Waals surface area (Å²) in [5.41, 5.74) is 2.40. The lowest BCUT2D eigenvalue weighted by Crippen LogP contribution is -2.07. The van der Waals surface area contributed by atoms with Crippen molar-refractivity contribution in [3.63, 3.8) is 0 Å². The lowest BCUT2D eigenvalue weighted by Gasteiger charge is -2.17. The van der Waals surface area contributed by atoms with Gasteiger partial charge in [-0.2, -0.15) is 0 Å². The first kappa shape index (κ1) is 14.0. The van der Waals surface area contributed by atoms with E-state index in [-0.39, 0.29) is 6.04 Å². The highest BCUT2D eigenvalue weighted by Gasteiger charge is 2.15. The van der Waals surface area contributed by atoms with Crippen LogP contribution in [0.15, 0.2) is 48.5 Å². The molecule has 3 aromatic rings. The van der Waals surface area contributed by atoms with Crippen molar-refractivity contribution >= 4 is 27.1 Å². The molecule has 0 saturated carbocycles. The summed E-state index contributed by atoms with van der Waals surface area (Å²) in [7, 11) is 1.70. The molecule has 3 heteroatoms. The minimum absolute atomic E-state index is 0.249. The normalized spacial score (nSPS) is 12.3. The first-order valence-electron chi connectivity index (χ1n) is 7.08. The molecule has 0 amide bonds. The second kappa shape index (κ2) is 5.78. The van der Waals surface area contributed by atoms with Crippen LogP contribution < -0.4 is 10.1 Å². The molecule has 0 bridgehead atoms. The Morgan fingerprint density at radius 2 is 1.76 bits per heavy atom. The molecular weight excluding hydrogens is 278 g/mol. The Morgan fingerprint density at radius 3 is 2.52 bits per heavy atom. The maximum atomic E-state index is 5.41. The maximum Gasteiger partial charge on any atom is 0.141 e. The first-order valence-corrected chi connectivity index (χ1v) is 7.90. The van der Waals surface area contributed by atoms with Gasteiger partial charge in [-0.05, 0) is 43.0 Å². The molecule has 2 aromatic carbocycles. The topological polar surface area (TPSA) is 21.3 Å². The largest absolute Gasteiger partial charge is 0.495 e. The number of thiophene rings is 1. The average Bonchev–Trinajstić information content (AvgIpc) is 2.85. The third kappa shape index (κ3) is 2.61. The van der Waals surface area contributed by atoms with Crippen molar-refractivity contribution in [2.45, 2.75) is 19.9 Å². The summed E-state index contributed by atoms with van der Waals surface area (Å²) in [5, 5.41) is 4.92. The Hall–Kier alpha value is -2.00. The smallest absolute Gasteiger partial charge is 0.141 e. The molecule has 0 aliphatic carbocycles. The summed E-state index contributed by atoms with van der Waals surface area (Å²) >= 11 is 1.86. The van der Waals surface area contributed by atoms with E-state index in [1.54, 1.807) is 7.11 Å². The molecule has 1 aromatic heterocycles. The maximum absolute atomic E-state index is 5.41. The Morgan fingerprint density at radius 1 is 1.05 bits per heavy atom. The lowest BCUT2D eigenvalue weighted by molar-refractivity contribution is 0.416. The lowest BCUT2D eigenvalue weighted by atomic mass is 10.1. The van der Waals surface area contributed by atoms with Crippen molar-refractivity contribution in [1.29, 1.82) is 0 Å². The van der Waals surface area contributed by atoms with E-state index >= 15 is 0 Å². The van der Waals surface area contributed by atoms with Gasteiger partial charge in [0.2, 0.25) is 0 Å². The van der Waals surface area contributed by atoms with Crippen LogP contribution in [0.1, 0.15) is 23.4 Å². The van der Waals surface area contributed by atoms with Gasteiger partial charge in [-0.15, -0.1) is 11.3 Å². The van der Waals surface area contributed by atoms with Crippen molar-refractivity contribution in [3.05, 3.63) is 59.0 Å². The molecule has 0 radical (unpaired) electrons. The molecule has 2 nitrogen and oxygen atoms in total. The predicted molar refractivity (Wildman–Crippen MR) is 91.6 cm³/mol. The van der Waals surface area contributed by atoms with Crippen LogP contribution in [0.4, 0.5) is 5.69 Å². The summed E-state index contributed by atoms with van der Waals surface area (Å²) in [5.74, 6) is 0.878. The fourth-order valence-corrected chi connectivity index (χ4v) is 3.88. The van der Waals surface area contributed by atoms with Gasteiger partial charge in [-0.3, -0.25) is 0 Å². The van der Waals surface area contributed by atoms with Crippen molar-refractivity contribution in [1.82, 2.24) is 0 Å². The molecule has 108 valence electrons. The standard InChI is InChI=1S/C18H19NOS/c1-12-14-8-4-7-11-17(14)21-18(12)13(2)19-15-9-5-6-10-16(15)20-3/h4-11,13,19H,1-3H3. The molecule has 21 heavy (non-hydrogen) atoms. The van der Waals surface area contributed by atoms with Crippen LogP contribution in [0.2, 0.25) is 0 Å². The highest BCUT2D eigenvalue weighted by molar-refractivity contribution is 7.19. The van der Waals surface area contributed by atoms with Crippen molar-refractivity contribution in [2.24, 2.45) is 0 Å². The van der Waals surface area contributed by atoms with E-state index in [0.29, 0.717) is 0 Å². The first-order chi connectivity index (χ1) is 10.2. The Bertz CT molecular complexity index is 763. The molecule has 0 saturated heterocycles. The number of fused-ring (bicyclic) bond motifs is 1. The van der Waals surface area contributed by atoms with Gasteiger partial charge < -0.3 is 10.1 Å². The molecule has 0 aliphatic rings. The van der Waals surface area contributed by atoms with E-state index in [1.165, 1.54) is 20.5 Å². The molecule has 0 aliphatic heterocycles. The van der Waals surface area contributed by atoms with E-state index in [4.69, 9.17) is 4.74 Å². The van der Waals surface area contributed by atoms with Gasteiger partial charge in [-0.25, -0.2) is 0 Å². The highest BCUT2D eigenvalue weighted by atomic mass is 32.1. The summed E-state index contributed by atoms with van der Waals surface area (Å²) in [6.45, 7) is 4.40. The van der Waals surface area contributed by atoms with Crippen molar-refractivity contribution in [2.75, 3.05) is 12.4 Å². The fourth-order valence-electron chi connectivity index (χ4n) is 2.67. The van der Waals surface area contributed by atoms with Crippen molar-refractivity contribution < 1.29 is 4.74 Å². The quantitative estimate of drug-likeness (QED) is 0.697. The number of para-hydroxylation sites is 2. The Labute approximate surface area is 129 Å². The van der Waals surface area contributed by atoms with Crippen LogP contribution in [0.5, 0.6) is 5.75 Å². The second-order valence-electron chi connectivity index (χ2n) is 5.15. The van der Waals surface area contributed by atoms with E-state index < -0.39 is 0 Å². The molecule has 3 rings (SSSR count). The van der Waals surface area contributed by atoms with Crippen LogP contribution in [0.3, 0.4) is 0 Å². The number of benzene rings is 2. The van der Waals surface area contributed by atoms with Crippen molar-refractivity contribution in [3.8, 4) is 5.75 Å². The average molecular weight is 297 g/mol. The third-order valence-electron chi connectivity index (χ3n) is 3.75. The monoisotopic (exact) mass is 297 g/mol. The van der Waals surface area contributed by atoms with Gasteiger partial charge >= 0.3 is 0 Å². The molecule has 1 unspecified atom stereocenters. The number of hydrogen-bond donors (Lipinski definition) is 1. The molecule has 1 atom stereocenters. The number of methoxy groups -OCH3 is 1. The molecule has 1 N–H and O–H groups in total. The number of anilines is 1. The van der Waals surface area contributed by atoms with E-state index in [0.717, 1.165) is 11.4 Å². The van der Waals surface area contributed by atoms with Gasteiger partial charge in [-0.1, -0.05) is 30.3 Å². The molecule has 0 fully saturated rings. The number of rotatable bonds is 4. The van der Waals surface area contributed by atoms with Gasteiger partial charge in [0.15, 0.2) is 0 Å². The zero-order valence-electron chi connectivity index (χ0n) is 12.5. The van der Waals surface area contributed by atoms with E-state index in [1.807, 2.05) is 29.5 Å². The van der Waals surface area contributed by atoms with Crippen LogP contribution in [-0.2, 0) is 0 Å². The van der Waals surface area contributed by atoms with E-state index in [9.17, 15) is 0 Å². The summed E-state index contributed by atoms with van der Waals surface area (Å²) < 4.78 is 6.76. The van der Waals surface area contributed by atoms with Gasteiger partial charge in [0.05, 0.1) is 18.8 Å². The summed E-state index contributed by atoms with van der Waals surface area (Å²) in [6, 6.07) is 16.9. The number of aryl methyl sites for hydroxylation is 1. The number of nitrogens with one attached hydrogen (secondary N) is 1. The van der Waals surface area contributed by atoms with Gasteiger partial charge in [0.1, 0.15) is 5.75 Å². The highest BCUT2D eigenvalue weighted by Crippen LogP contribution is 2.37. The zero-order valence-corrected chi connectivity index (χ0v) is 13.3. The third-order valence-corrected chi connectivity index (χ3v) is 5.21. The molecule has 0 spiro atoms. The fraction of sp³-hybridized carbons (Fsp3) is 0.222. The Kier molecular flexibility index (Phi) is 3.84. The van der Waals surface area contributed by atoms with Crippen LogP contribution >= 0.6 is 11.3 Å². The summed E-state index contributed by atoms with van der Waals surface area (Å²) in [4.78, 5) is 1.38. The second-order valence-corrected chi connectivity index (χ2v) is 6.24.